The van der Waals surface area contributed by atoms with Gasteiger partial charge in [0.05, 0.1) is 16.4 Å². The van der Waals surface area contributed by atoms with Crippen molar-refractivity contribution in [1.29, 1.82) is 5.41 Å². The molecular formula is C17H12N2O. The van der Waals surface area contributed by atoms with Gasteiger partial charge in [-0.15, -0.1) is 0 Å². The Kier molecular flexibility index (Phi) is 2.12. The summed E-state index contributed by atoms with van der Waals surface area (Å²) in [5.41, 5.74) is 6.85. The first kappa shape index (κ1) is 11.1. The van der Waals surface area contributed by atoms with Crippen molar-refractivity contribution in [3.63, 3.8) is 0 Å². The van der Waals surface area contributed by atoms with Crippen LogP contribution in [-0.4, -0.2) is 0 Å². The van der Waals surface area contributed by atoms with Crippen molar-refractivity contribution < 1.29 is 4.42 Å². The van der Waals surface area contributed by atoms with E-state index >= 15 is 0 Å². The molecule has 0 aliphatic rings. The Bertz CT molecular complexity index is 1030. The minimum absolute atomic E-state index is 0.326. The third-order valence-electron chi connectivity index (χ3n) is 3.70. The molecule has 0 unspecified atom stereocenters. The minimum atomic E-state index is 0.326. The molecule has 96 valence electrons. The molecule has 0 spiro atoms. The molecule has 1 heterocycles. The lowest BCUT2D eigenvalue weighted by molar-refractivity contribution is 0.605. The molecule has 4 rings (SSSR count). The molecule has 0 bridgehead atoms. The van der Waals surface area contributed by atoms with Crippen LogP contribution >= 0.6 is 0 Å². The van der Waals surface area contributed by atoms with Gasteiger partial charge in [0, 0.05) is 0 Å². The van der Waals surface area contributed by atoms with Crippen molar-refractivity contribution in [2.24, 2.45) is 0 Å². The lowest BCUT2D eigenvalue weighted by Gasteiger charge is -2.06. The lowest BCUT2D eigenvalue weighted by atomic mass is 10.0. The lowest BCUT2D eigenvalue weighted by Crippen LogP contribution is -2.08. The van der Waals surface area contributed by atoms with Crippen LogP contribution in [0.5, 0.6) is 0 Å². The number of anilines is 1. The first-order valence-electron chi connectivity index (χ1n) is 6.41. The zero-order chi connectivity index (χ0) is 13.7. The van der Waals surface area contributed by atoms with Crippen molar-refractivity contribution in [1.82, 2.24) is 0 Å². The number of fused-ring (bicyclic) bond motifs is 4. The summed E-state index contributed by atoms with van der Waals surface area (Å²) >= 11 is 0. The van der Waals surface area contributed by atoms with Crippen molar-refractivity contribution >= 4 is 38.2 Å². The van der Waals surface area contributed by atoms with Gasteiger partial charge < -0.3 is 10.2 Å². The van der Waals surface area contributed by atoms with Gasteiger partial charge >= 0.3 is 0 Å². The minimum Gasteiger partial charge on any atom is -0.462 e. The maximum atomic E-state index is 8.19. The Morgan fingerprint density at radius 3 is 2.45 bits per heavy atom. The summed E-state index contributed by atoms with van der Waals surface area (Å²) in [4.78, 5) is 0. The van der Waals surface area contributed by atoms with E-state index in [1.807, 2.05) is 24.3 Å². The number of nitrogens with one attached hydrogen (secondary N) is 1. The molecule has 3 aromatic carbocycles. The van der Waals surface area contributed by atoms with Crippen LogP contribution in [0, 0.1) is 5.41 Å². The van der Waals surface area contributed by atoms with E-state index in [2.05, 4.69) is 24.3 Å². The Morgan fingerprint density at radius 2 is 1.65 bits per heavy atom. The summed E-state index contributed by atoms with van der Waals surface area (Å²) in [6.45, 7) is 0. The maximum absolute atomic E-state index is 8.19. The summed E-state index contributed by atoms with van der Waals surface area (Å²) in [6.07, 6.45) is 1.43. The normalized spacial score (nSPS) is 11.4. The molecule has 0 aliphatic heterocycles. The summed E-state index contributed by atoms with van der Waals surface area (Å²) in [5, 5.41) is 13.7. The summed E-state index contributed by atoms with van der Waals surface area (Å²) in [5.74, 6) is 0. The Labute approximate surface area is 114 Å². The van der Waals surface area contributed by atoms with Crippen LogP contribution in [0.3, 0.4) is 0 Å². The first-order valence-corrected chi connectivity index (χ1v) is 6.41. The molecule has 3 N–H and O–H groups in total. The summed E-state index contributed by atoms with van der Waals surface area (Å²) in [7, 11) is 0. The number of hydrogen-bond donors (Lipinski definition) is 2. The van der Waals surface area contributed by atoms with Crippen LogP contribution in [-0.2, 0) is 0 Å². The molecule has 0 saturated heterocycles. The van der Waals surface area contributed by atoms with E-state index in [-0.39, 0.29) is 0 Å². The van der Waals surface area contributed by atoms with Gasteiger partial charge in [0.2, 0.25) is 0 Å². The van der Waals surface area contributed by atoms with Crippen LogP contribution in [0.1, 0.15) is 0 Å². The van der Waals surface area contributed by atoms with Gasteiger partial charge in [0.15, 0.2) is 0 Å². The Morgan fingerprint density at radius 1 is 0.900 bits per heavy atom. The zero-order valence-corrected chi connectivity index (χ0v) is 10.7. The van der Waals surface area contributed by atoms with E-state index in [0.29, 0.717) is 16.6 Å². The third-order valence-corrected chi connectivity index (χ3v) is 3.70. The molecule has 1 aromatic heterocycles. The van der Waals surface area contributed by atoms with E-state index in [9.17, 15) is 0 Å². The fraction of sp³-hybridized carbons (Fsp3) is 0. The molecular weight excluding hydrogens is 248 g/mol. The van der Waals surface area contributed by atoms with Gasteiger partial charge in [-0.25, -0.2) is 0 Å². The second-order valence-corrected chi connectivity index (χ2v) is 4.93. The zero-order valence-electron chi connectivity index (χ0n) is 10.7. The molecule has 0 fully saturated rings. The first-order chi connectivity index (χ1) is 9.74. The molecule has 0 amide bonds. The predicted molar refractivity (Wildman–Crippen MR) is 81.5 cm³/mol. The number of hydrogen-bond acceptors (Lipinski definition) is 3. The highest BCUT2D eigenvalue weighted by Crippen LogP contribution is 2.28. The number of nitrogens with two attached hydrogens (primary N) is 1. The van der Waals surface area contributed by atoms with Gasteiger partial charge in [0.1, 0.15) is 11.8 Å². The van der Waals surface area contributed by atoms with E-state index in [1.54, 1.807) is 0 Å². The molecule has 4 aromatic rings. The predicted octanol–water partition coefficient (Wildman–Crippen LogP) is 3.80. The molecule has 0 atom stereocenters. The summed E-state index contributed by atoms with van der Waals surface area (Å²) in [6, 6.07) is 16.3. The van der Waals surface area contributed by atoms with Gasteiger partial charge in [0.25, 0.3) is 0 Å². The van der Waals surface area contributed by atoms with Crippen LogP contribution in [0.4, 0.5) is 5.69 Å². The average molecular weight is 260 g/mol. The maximum Gasteiger partial charge on any atom is 0.136 e. The highest BCUT2D eigenvalue weighted by molar-refractivity contribution is 6.10. The summed E-state index contributed by atoms with van der Waals surface area (Å²) < 4.78 is 5.50. The van der Waals surface area contributed by atoms with Crippen LogP contribution in [0.25, 0.3) is 32.5 Å². The monoisotopic (exact) mass is 260 g/mol. The van der Waals surface area contributed by atoms with Crippen LogP contribution in [0.15, 0.2) is 59.2 Å². The van der Waals surface area contributed by atoms with Crippen molar-refractivity contribution in [3.05, 3.63) is 60.2 Å². The molecule has 0 saturated carbocycles. The SMILES string of the molecule is N=c1c(N)coc2ccc3cc4ccccc4cc3c12. The molecule has 0 radical (unpaired) electrons. The smallest absolute Gasteiger partial charge is 0.136 e. The van der Waals surface area contributed by atoms with E-state index in [0.717, 1.165) is 21.5 Å². The van der Waals surface area contributed by atoms with Crippen molar-refractivity contribution in [3.8, 4) is 0 Å². The van der Waals surface area contributed by atoms with Gasteiger partial charge in [-0.1, -0.05) is 30.3 Å². The largest absolute Gasteiger partial charge is 0.462 e. The standard InChI is InChI=1S/C17H12N2O/c18-14-9-20-15-6-5-12-7-10-3-1-2-4-11(10)8-13(12)16(15)17(14)19/h1-9,19H,18H2. The van der Waals surface area contributed by atoms with Crippen molar-refractivity contribution in [2.45, 2.75) is 0 Å². The quantitative estimate of drug-likeness (QED) is 0.373. The number of rotatable bonds is 0. The van der Waals surface area contributed by atoms with Crippen LogP contribution in [0.2, 0.25) is 0 Å². The fourth-order valence-electron chi connectivity index (χ4n) is 2.68. The second-order valence-electron chi connectivity index (χ2n) is 4.93. The molecule has 3 heteroatoms. The fourth-order valence-corrected chi connectivity index (χ4v) is 2.68. The number of benzene rings is 3. The molecule has 0 aliphatic carbocycles. The highest BCUT2D eigenvalue weighted by atomic mass is 16.3. The molecule has 20 heavy (non-hydrogen) atoms. The van der Waals surface area contributed by atoms with E-state index in [1.165, 1.54) is 11.6 Å². The Balaban J connectivity index is 2.32. The third kappa shape index (κ3) is 1.43. The van der Waals surface area contributed by atoms with E-state index < -0.39 is 0 Å². The second kappa shape index (κ2) is 3.84. The van der Waals surface area contributed by atoms with E-state index in [4.69, 9.17) is 15.6 Å². The highest BCUT2D eigenvalue weighted by Gasteiger charge is 2.07. The van der Waals surface area contributed by atoms with Gasteiger partial charge in [-0.3, -0.25) is 5.41 Å². The van der Waals surface area contributed by atoms with Gasteiger partial charge in [-0.2, -0.15) is 0 Å². The van der Waals surface area contributed by atoms with Crippen LogP contribution < -0.4 is 11.1 Å². The van der Waals surface area contributed by atoms with Gasteiger partial charge in [-0.05, 0) is 39.7 Å². The average Bonchev–Trinajstić information content (AvgIpc) is 2.48. The molecule has 3 nitrogen and oxygen atoms in total. The Hall–Kier alpha value is -2.81. The number of nitrogen functional groups attached to an aromatic ring is 1. The topological polar surface area (TPSA) is 63.0 Å². The van der Waals surface area contributed by atoms with Crippen molar-refractivity contribution in [2.75, 3.05) is 5.73 Å².